The van der Waals surface area contributed by atoms with Crippen LogP contribution < -0.4 is 5.32 Å². The lowest BCUT2D eigenvalue weighted by atomic mass is 9.95. The van der Waals surface area contributed by atoms with Gasteiger partial charge in [0.25, 0.3) is 11.8 Å². The zero-order valence-electron chi connectivity index (χ0n) is 15.5. The maximum Gasteiger partial charge on any atom is 0.254 e. The second-order valence-electron chi connectivity index (χ2n) is 7.08. The second-order valence-corrected chi connectivity index (χ2v) is 7.08. The van der Waals surface area contributed by atoms with Gasteiger partial charge in [0, 0.05) is 30.8 Å². The highest BCUT2D eigenvalue weighted by molar-refractivity contribution is 5.96. The predicted octanol–water partition coefficient (Wildman–Crippen LogP) is 3.59. The molecule has 0 spiro atoms. The van der Waals surface area contributed by atoms with Crippen LogP contribution in [0, 0.1) is 19.8 Å². The van der Waals surface area contributed by atoms with Crippen molar-refractivity contribution in [3.05, 3.63) is 70.8 Å². The first-order chi connectivity index (χ1) is 12.6. The summed E-state index contributed by atoms with van der Waals surface area (Å²) in [5.74, 6) is 0.524. The lowest BCUT2D eigenvalue weighted by Crippen LogP contribution is -2.41. The van der Waals surface area contributed by atoms with Crippen LogP contribution in [0.2, 0.25) is 0 Å². The summed E-state index contributed by atoms with van der Waals surface area (Å²) >= 11 is 0. The molecule has 2 aromatic carbocycles. The van der Waals surface area contributed by atoms with Crippen molar-refractivity contribution in [2.75, 3.05) is 19.6 Å². The maximum absolute atomic E-state index is 12.7. The highest BCUT2D eigenvalue weighted by atomic mass is 16.2. The summed E-state index contributed by atoms with van der Waals surface area (Å²) in [6.45, 7) is 6.08. The van der Waals surface area contributed by atoms with E-state index < -0.39 is 0 Å². The number of nitrogens with zero attached hydrogens (tertiary/aromatic N) is 1. The summed E-state index contributed by atoms with van der Waals surface area (Å²) < 4.78 is 0. The van der Waals surface area contributed by atoms with Crippen LogP contribution in [0.5, 0.6) is 0 Å². The molecule has 0 aromatic heterocycles. The van der Waals surface area contributed by atoms with Crippen molar-refractivity contribution in [1.29, 1.82) is 0 Å². The summed E-state index contributed by atoms with van der Waals surface area (Å²) in [5.41, 5.74) is 3.53. The van der Waals surface area contributed by atoms with Gasteiger partial charge in [-0.15, -0.1) is 0 Å². The highest BCUT2D eigenvalue weighted by Crippen LogP contribution is 2.20. The van der Waals surface area contributed by atoms with E-state index in [1.165, 1.54) is 0 Å². The molecule has 0 saturated carbocycles. The van der Waals surface area contributed by atoms with Gasteiger partial charge in [-0.25, -0.2) is 0 Å². The predicted molar refractivity (Wildman–Crippen MR) is 103 cm³/mol. The Bertz CT molecular complexity index is 792. The van der Waals surface area contributed by atoms with Crippen LogP contribution >= 0.6 is 0 Å². The summed E-state index contributed by atoms with van der Waals surface area (Å²) in [6.07, 6.45) is 1.84. The van der Waals surface area contributed by atoms with E-state index in [2.05, 4.69) is 5.32 Å². The third-order valence-corrected chi connectivity index (χ3v) is 5.22. The largest absolute Gasteiger partial charge is 0.352 e. The summed E-state index contributed by atoms with van der Waals surface area (Å²) in [5, 5.41) is 3.05. The van der Waals surface area contributed by atoms with E-state index in [0.29, 0.717) is 12.5 Å². The number of hydrogen-bond acceptors (Lipinski definition) is 2. The number of piperidine rings is 1. The Morgan fingerprint density at radius 3 is 2.04 bits per heavy atom. The average molecular weight is 350 g/mol. The number of carbonyl (C=O) groups is 2. The number of likely N-dealkylation sites (tertiary alicyclic amines) is 1. The molecule has 26 heavy (non-hydrogen) atoms. The number of aryl methyl sites for hydroxylation is 2. The van der Waals surface area contributed by atoms with Crippen molar-refractivity contribution in [3.8, 4) is 0 Å². The molecule has 0 unspecified atom stereocenters. The number of nitrogens with one attached hydrogen (secondary N) is 1. The molecule has 4 heteroatoms. The van der Waals surface area contributed by atoms with E-state index in [1.807, 2.05) is 67.3 Å². The SMILES string of the molecule is Cc1ccccc1C(=O)NCC1CCN(C(=O)c2ccccc2C)CC1. The van der Waals surface area contributed by atoms with Crippen molar-refractivity contribution >= 4 is 11.8 Å². The third-order valence-electron chi connectivity index (χ3n) is 5.22. The molecule has 2 aromatic rings. The Morgan fingerprint density at radius 1 is 0.923 bits per heavy atom. The van der Waals surface area contributed by atoms with Gasteiger partial charge in [-0.2, -0.15) is 0 Å². The molecule has 0 radical (unpaired) electrons. The molecule has 1 heterocycles. The van der Waals surface area contributed by atoms with E-state index in [-0.39, 0.29) is 11.8 Å². The maximum atomic E-state index is 12.7. The van der Waals surface area contributed by atoms with Crippen molar-refractivity contribution < 1.29 is 9.59 Å². The van der Waals surface area contributed by atoms with Gasteiger partial charge in [0.05, 0.1) is 0 Å². The van der Waals surface area contributed by atoms with Crippen LogP contribution in [-0.2, 0) is 0 Å². The quantitative estimate of drug-likeness (QED) is 0.916. The van der Waals surface area contributed by atoms with Crippen LogP contribution in [-0.4, -0.2) is 36.3 Å². The monoisotopic (exact) mass is 350 g/mol. The number of rotatable bonds is 4. The molecule has 0 aliphatic carbocycles. The van der Waals surface area contributed by atoms with Crippen LogP contribution in [0.1, 0.15) is 44.7 Å². The van der Waals surface area contributed by atoms with Crippen molar-refractivity contribution in [3.63, 3.8) is 0 Å². The summed E-state index contributed by atoms with van der Waals surface area (Å²) in [7, 11) is 0. The second kappa shape index (κ2) is 8.17. The van der Waals surface area contributed by atoms with Gasteiger partial charge in [-0.3, -0.25) is 9.59 Å². The molecule has 1 aliphatic heterocycles. The molecule has 2 amide bonds. The van der Waals surface area contributed by atoms with Gasteiger partial charge in [-0.1, -0.05) is 36.4 Å². The molecule has 1 saturated heterocycles. The minimum Gasteiger partial charge on any atom is -0.352 e. The van der Waals surface area contributed by atoms with E-state index in [0.717, 1.165) is 48.2 Å². The fourth-order valence-electron chi connectivity index (χ4n) is 3.48. The van der Waals surface area contributed by atoms with Crippen LogP contribution in [0.4, 0.5) is 0 Å². The van der Waals surface area contributed by atoms with Gasteiger partial charge in [0.1, 0.15) is 0 Å². The number of benzene rings is 2. The Kier molecular flexibility index (Phi) is 5.71. The zero-order chi connectivity index (χ0) is 18.5. The highest BCUT2D eigenvalue weighted by Gasteiger charge is 2.24. The van der Waals surface area contributed by atoms with E-state index in [1.54, 1.807) is 0 Å². The smallest absolute Gasteiger partial charge is 0.254 e. The molecule has 1 fully saturated rings. The van der Waals surface area contributed by atoms with Crippen LogP contribution in [0.3, 0.4) is 0 Å². The van der Waals surface area contributed by atoms with Crippen molar-refractivity contribution in [1.82, 2.24) is 10.2 Å². The molecular formula is C22H26N2O2. The molecule has 136 valence electrons. The Morgan fingerprint density at radius 2 is 1.46 bits per heavy atom. The minimum absolute atomic E-state index is 0.0125. The lowest BCUT2D eigenvalue weighted by Gasteiger charge is -2.32. The molecule has 0 atom stereocenters. The third kappa shape index (κ3) is 4.13. The standard InChI is InChI=1S/C22H26N2O2/c1-16-7-3-5-9-19(16)21(25)23-15-18-11-13-24(14-12-18)22(26)20-10-6-4-8-17(20)2/h3-10,18H,11-15H2,1-2H3,(H,23,25). The van der Waals surface area contributed by atoms with Gasteiger partial charge in [0.15, 0.2) is 0 Å². The summed E-state index contributed by atoms with van der Waals surface area (Å²) in [4.78, 5) is 26.9. The fourth-order valence-corrected chi connectivity index (χ4v) is 3.48. The lowest BCUT2D eigenvalue weighted by molar-refractivity contribution is 0.0683. The average Bonchev–Trinajstić information content (AvgIpc) is 2.67. The molecular weight excluding hydrogens is 324 g/mol. The molecule has 1 aliphatic rings. The van der Waals surface area contributed by atoms with Gasteiger partial charge in [-0.05, 0) is 55.9 Å². The van der Waals surface area contributed by atoms with Crippen molar-refractivity contribution in [2.45, 2.75) is 26.7 Å². The minimum atomic E-state index is -0.0125. The topological polar surface area (TPSA) is 49.4 Å². The first-order valence-corrected chi connectivity index (χ1v) is 9.25. The fraction of sp³-hybridized carbons (Fsp3) is 0.364. The van der Waals surface area contributed by atoms with E-state index >= 15 is 0 Å². The van der Waals surface area contributed by atoms with Crippen LogP contribution in [0.25, 0.3) is 0 Å². The number of amides is 2. The molecule has 0 bridgehead atoms. The van der Waals surface area contributed by atoms with Crippen LogP contribution in [0.15, 0.2) is 48.5 Å². The molecule has 3 rings (SSSR count). The first-order valence-electron chi connectivity index (χ1n) is 9.25. The van der Waals surface area contributed by atoms with Gasteiger partial charge < -0.3 is 10.2 Å². The van der Waals surface area contributed by atoms with Crippen molar-refractivity contribution in [2.24, 2.45) is 5.92 Å². The van der Waals surface area contributed by atoms with Gasteiger partial charge >= 0.3 is 0 Å². The molecule has 4 nitrogen and oxygen atoms in total. The Labute approximate surface area is 155 Å². The molecule has 1 N–H and O–H groups in total. The van der Waals surface area contributed by atoms with E-state index in [9.17, 15) is 9.59 Å². The van der Waals surface area contributed by atoms with Gasteiger partial charge in [0.2, 0.25) is 0 Å². The Hall–Kier alpha value is -2.62. The number of carbonyl (C=O) groups excluding carboxylic acids is 2. The number of hydrogen-bond donors (Lipinski definition) is 1. The summed E-state index contributed by atoms with van der Waals surface area (Å²) in [6, 6.07) is 15.4. The first kappa shape index (κ1) is 18.2. The zero-order valence-corrected chi connectivity index (χ0v) is 15.5. The van der Waals surface area contributed by atoms with E-state index in [4.69, 9.17) is 0 Å². The normalized spacial score (nSPS) is 14.9. The Balaban J connectivity index is 1.50.